The Kier molecular flexibility index (Phi) is 5.97. The van der Waals surface area contributed by atoms with Crippen LogP contribution >= 0.6 is 23.2 Å². The number of halogens is 2. The second kappa shape index (κ2) is 7.44. The van der Waals surface area contributed by atoms with E-state index < -0.39 is 10.1 Å². The van der Waals surface area contributed by atoms with Gasteiger partial charge < -0.3 is 0 Å². The van der Waals surface area contributed by atoms with Gasteiger partial charge in [0.15, 0.2) is 0 Å². The Morgan fingerprint density at radius 3 is 2.62 bits per heavy atom. The number of benzene rings is 1. The van der Waals surface area contributed by atoms with Crippen molar-refractivity contribution in [1.29, 1.82) is 0 Å². The summed E-state index contributed by atoms with van der Waals surface area (Å²) in [6, 6.07) is 5.16. The molecule has 0 N–H and O–H groups in total. The Morgan fingerprint density at radius 2 is 1.96 bits per heavy atom. The van der Waals surface area contributed by atoms with E-state index >= 15 is 0 Å². The fourth-order valence-corrected chi connectivity index (χ4v) is 3.63. The summed E-state index contributed by atoms with van der Waals surface area (Å²) in [5, 5.41) is 1.13. The molecule has 24 heavy (non-hydrogen) atoms. The number of allylic oxidation sites excluding steroid dienone is 5. The van der Waals surface area contributed by atoms with E-state index in [-0.39, 0.29) is 23.3 Å². The average Bonchev–Trinajstić information content (AvgIpc) is 2.49. The largest absolute Gasteiger partial charge is 0.293 e. The predicted molar refractivity (Wildman–Crippen MR) is 101 cm³/mol. The van der Waals surface area contributed by atoms with Crippen molar-refractivity contribution >= 4 is 39.4 Å². The van der Waals surface area contributed by atoms with Gasteiger partial charge in [0.25, 0.3) is 10.1 Å². The van der Waals surface area contributed by atoms with Crippen molar-refractivity contribution in [3.05, 3.63) is 62.5 Å². The van der Waals surface area contributed by atoms with E-state index in [2.05, 4.69) is 0 Å². The van der Waals surface area contributed by atoms with Crippen LogP contribution in [0.1, 0.15) is 32.8 Å². The summed E-state index contributed by atoms with van der Waals surface area (Å²) in [7, 11) is -3.75. The number of hydrogen-bond acceptors (Lipinski definition) is 3. The van der Waals surface area contributed by atoms with Crippen LogP contribution in [0, 0.1) is 5.41 Å². The third-order valence-corrected chi connectivity index (χ3v) is 5.17. The minimum absolute atomic E-state index is 0.134. The van der Waals surface area contributed by atoms with E-state index in [1.807, 2.05) is 32.9 Å². The maximum absolute atomic E-state index is 12.4. The van der Waals surface area contributed by atoms with Gasteiger partial charge in [0.1, 0.15) is 0 Å². The van der Waals surface area contributed by atoms with Gasteiger partial charge in [-0.15, -0.1) is 0 Å². The predicted octanol–water partition coefficient (Wildman–Crippen LogP) is 5.61. The summed E-state index contributed by atoms with van der Waals surface area (Å²) in [4.78, 5) is 0.235. The van der Waals surface area contributed by atoms with Gasteiger partial charge in [-0.2, -0.15) is 8.42 Å². The van der Waals surface area contributed by atoms with Gasteiger partial charge in [-0.25, -0.2) is 0 Å². The van der Waals surface area contributed by atoms with E-state index in [0.717, 1.165) is 11.1 Å². The molecular formula is C18H20Cl2O3S. The molecule has 0 atom stereocenters. The zero-order valence-electron chi connectivity index (χ0n) is 13.8. The summed E-state index contributed by atoms with van der Waals surface area (Å²) >= 11 is 12.1. The summed E-state index contributed by atoms with van der Waals surface area (Å²) in [6.07, 6.45) is 7.19. The van der Waals surface area contributed by atoms with E-state index in [1.54, 1.807) is 30.4 Å². The van der Waals surface area contributed by atoms with Crippen molar-refractivity contribution in [3.8, 4) is 0 Å². The zero-order valence-corrected chi connectivity index (χ0v) is 16.2. The molecule has 1 aliphatic rings. The molecule has 0 bridgehead atoms. The molecule has 0 fully saturated rings. The molecule has 1 aromatic rings. The molecule has 0 aromatic heterocycles. The maximum Gasteiger partial charge on any atom is 0.293 e. The van der Waals surface area contributed by atoms with Gasteiger partial charge in [0.2, 0.25) is 0 Å². The lowest BCUT2D eigenvalue weighted by molar-refractivity contribution is 0.205. The second-order valence-electron chi connectivity index (χ2n) is 6.83. The molecule has 130 valence electrons. The lowest BCUT2D eigenvalue weighted by Crippen LogP contribution is -2.20. The Bertz CT molecular complexity index is 813. The van der Waals surface area contributed by atoms with Crippen LogP contribution in [-0.2, 0) is 14.3 Å². The van der Waals surface area contributed by atoms with Crippen molar-refractivity contribution < 1.29 is 12.6 Å². The van der Waals surface area contributed by atoms with E-state index in [0.29, 0.717) is 10.0 Å². The molecule has 1 aromatic carbocycles. The quantitative estimate of drug-likeness (QED) is 0.631. The first-order valence-electron chi connectivity index (χ1n) is 7.49. The molecule has 0 saturated heterocycles. The first-order valence-corrected chi connectivity index (χ1v) is 9.66. The molecule has 6 heteroatoms. The minimum atomic E-state index is -3.75. The molecule has 0 amide bonds. The van der Waals surface area contributed by atoms with Crippen LogP contribution in [0.2, 0.25) is 10.0 Å². The third kappa shape index (κ3) is 5.49. The Morgan fingerprint density at radius 1 is 1.25 bits per heavy atom. The molecule has 0 unspecified atom stereocenters. The fraction of sp³-hybridized carbons (Fsp3) is 0.333. The first kappa shape index (κ1) is 19.3. The molecule has 3 nitrogen and oxygen atoms in total. The highest BCUT2D eigenvalue weighted by Crippen LogP contribution is 2.29. The van der Waals surface area contributed by atoms with Crippen LogP contribution in [0.25, 0.3) is 6.08 Å². The van der Waals surface area contributed by atoms with Crippen molar-refractivity contribution in [3.63, 3.8) is 0 Å². The summed E-state index contributed by atoms with van der Waals surface area (Å²) in [6.45, 7) is 5.90. The van der Waals surface area contributed by atoms with Crippen LogP contribution in [0.15, 0.2) is 46.9 Å². The Labute approximate surface area is 153 Å². The molecular weight excluding hydrogens is 367 g/mol. The Balaban J connectivity index is 2.20. The van der Waals surface area contributed by atoms with Crippen LogP contribution in [0.4, 0.5) is 0 Å². The molecule has 1 aliphatic carbocycles. The topological polar surface area (TPSA) is 43.4 Å². The number of hydrogen-bond donors (Lipinski definition) is 0. The van der Waals surface area contributed by atoms with Crippen molar-refractivity contribution in [1.82, 2.24) is 0 Å². The molecule has 0 saturated carbocycles. The van der Waals surface area contributed by atoms with Gasteiger partial charge in [-0.1, -0.05) is 56.1 Å². The van der Waals surface area contributed by atoms with Crippen LogP contribution in [-0.4, -0.2) is 15.0 Å². The van der Waals surface area contributed by atoms with E-state index in [4.69, 9.17) is 27.4 Å². The lowest BCUT2D eigenvalue weighted by Gasteiger charge is -2.19. The van der Waals surface area contributed by atoms with Gasteiger partial charge in [-0.3, -0.25) is 4.18 Å². The highest BCUT2D eigenvalue weighted by molar-refractivity contribution is 7.90. The summed E-state index contributed by atoms with van der Waals surface area (Å²) < 4.78 is 29.9. The molecule has 0 aliphatic heterocycles. The van der Waals surface area contributed by atoms with Gasteiger partial charge in [-0.05, 0) is 46.9 Å². The number of rotatable bonds is 4. The molecule has 0 heterocycles. The van der Waals surface area contributed by atoms with E-state index in [9.17, 15) is 8.42 Å². The van der Waals surface area contributed by atoms with E-state index in [1.165, 1.54) is 0 Å². The van der Waals surface area contributed by atoms with Crippen LogP contribution in [0.3, 0.4) is 0 Å². The monoisotopic (exact) mass is 386 g/mol. The van der Waals surface area contributed by atoms with Crippen molar-refractivity contribution in [2.75, 3.05) is 6.61 Å². The zero-order chi connectivity index (χ0) is 18.0. The summed E-state index contributed by atoms with van der Waals surface area (Å²) in [5.41, 5.74) is 1.34. The standard InChI is InChI=1S/C18H20Cl2O3S/c1-18(2,3)12-23-24(21,22)16-6-4-5-13(10-16)9-14-11-15(19)7-8-17(14)20/h4-9,11H,10,12H2,1-3H3. The average molecular weight is 387 g/mol. The third-order valence-electron chi connectivity index (χ3n) is 3.24. The lowest BCUT2D eigenvalue weighted by atomic mass is 9.99. The van der Waals surface area contributed by atoms with Gasteiger partial charge >= 0.3 is 0 Å². The minimum Gasteiger partial charge on any atom is -0.266 e. The maximum atomic E-state index is 12.4. The van der Waals surface area contributed by atoms with Gasteiger partial charge in [0.05, 0.1) is 11.5 Å². The Hall–Kier alpha value is -1.07. The molecule has 0 radical (unpaired) electrons. The van der Waals surface area contributed by atoms with Crippen molar-refractivity contribution in [2.24, 2.45) is 5.41 Å². The smallest absolute Gasteiger partial charge is 0.266 e. The highest BCUT2D eigenvalue weighted by atomic mass is 35.5. The highest BCUT2D eigenvalue weighted by Gasteiger charge is 2.23. The first-order chi connectivity index (χ1) is 11.1. The fourth-order valence-electron chi connectivity index (χ4n) is 2.02. The second-order valence-corrected chi connectivity index (χ2v) is 9.34. The normalized spacial score (nSPS) is 17.2. The van der Waals surface area contributed by atoms with Crippen LogP contribution in [0.5, 0.6) is 0 Å². The van der Waals surface area contributed by atoms with Crippen molar-refractivity contribution in [2.45, 2.75) is 27.2 Å². The summed E-state index contributed by atoms with van der Waals surface area (Å²) in [5.74, 6) is 0. The molecule has 0 spiro atoms. The van der Waals surface area contributed by atoms with Crippen LogP contribution < -0.4 is 0 Å². The SMILES string of the molecule is CC(C)(C)COS(=O)(=O)C1=CC=CC(=Cc2cc(Cl)ccc2Cl)C1. The molecule has 2 rings (SSSR count). The van der Waals surface area contributed by atoms with Gasteiger partial charge in [0, 0.05) is 16.5 Å².